The van der Waals surface area contributed by atoms with Crippen molar-refractivity contribution in [2.75, 3.05) is 0 Å². The van der Waals surface area contributed by atoms with Gasteiger partial charge in [-0.1, -0.05) is 6.92 Å². The predicted octanol–water partition coefficient (Wildman–Crippen LogP) is 2.71. The quantitative estimate of drug-likeness (QED) is 0.797. The lowest BCUT2D eigenvalue weighted by atomic mass is 10.3. The Hall–Kier alpha value is -2.03. The first kappa shape index (κ1) is 10.5. The van der Waals surface area contributed by atoms with Crippen LogP contribution in [-0.2, 0) is 0 Å². The van der Waals surface area contributed by atoms with E-state index in [2.05, 4.69) is 23.0 Å². The summed E-state index contributed by atoms with van der Waals surface area (Å²) in [6, 6.07) is 3.99. The minimum Gasteiger partial charge on any atom is -0.405 e. The van der Waals surface area contributed by atoms with E-state index in [4.69, 9.17) is 5.73 Å². The van der Waals surface area contributed by atoms with Crippen LogP contribution >= 0.6 is 0 Å². The molecule has 0 unspecified atom stereocenters. The molecule has 1 aliphatic heterocycles. The van der Waals surface area contributed by atoms with Gasteiger partial charge in [-0.05, 0) is 49.1 Å². The van der Waals surface area contributed by atoms with E-state index in [0.717, 1.165) is 29.2 Å². The number of hydrogen-bond donors (Lipinski definition) is 2. The van der Waals surface area contributed by atoms with Crippen LogP contribution < -0.4 is 5.73 Å². The summed E-state index contributed by atoms with van der Waals surface area (Å²) in [5.74, 6) is 0. The second kappa shape index (κ2) is 4.66. The fourth-order valence-corrected chi connectivity index (χ4v) is 1.57. The van der Waals surface area contributed by atoms with Gasteiger partial charge in [0.2, 0.25) is 0 Å². The van der Waals surface area contributed by atoms with E-state index in [-0.39, 0.29) is 0 Å². The molecule has 1 aromatic heterocycles. The third-order valence-electron chi connectivity index (χ3n) is 2.39. The highest BCUT2D eigenvalue weighted by Gasteiger charge is 2.02. The molecule has 3 N–H and O–H groups in total. The van der Waals surface area contributed by atoms with Gasteiger partial charge in [-0.15, -0.1) is 0 Å². The number of nitrogens with zero attached hydrogens (tertiary/aromatic N) is 1. The van der Waals surface area contributed by atoms with E-state index in [9.17, 15) is 0 Å². The normalized spacial score (nSPS) is 17.6. The van der Waals surface area contributed by atoms with Crippen molar-refractivity contribution < 1.29 is 0 Å². The topological polar surface area (TPSA) is 54.2 Å². The molecule has 0 saturated carbocycles. The van der Waals surface area contributed by atoms with Crippen LogP contribution in [0.15, 0.2) is 41.2 Å². The van der Waals surface area contributed by atoms with E-state index in [1.165, 1.54) is 6.20 Å². The van der Waals surface area contributed by atoms with Gasteiger partial charge in [0.15, 0.2) is 0 Å². The maximum Gasteiger partial charge on any atom is 0.0654 e. The minimum absolute atomic E-state index is 0.972. The standard InChI is InChI=1S/C13H15N3/c1-2-10-3-5-12(15-10)9-13-6-4-11(16-13)7-8-14/h3-9,16H,2,14H2,1H3/b8-7-,12-9-. The molecule has 2 rings (SSSR count). The molecule has 82 valence electrons. The van der Waals surface area contributed by atoms with Gasteiger partial charge in [0, 0.05) is 17.1 Å². The first-order chi connectivity index (χ1) is 7.81. The summed E-state index contributed by atoms with van der Waals surface area (Å²) in [5.41, 5.74) is 9.47. The summed E-state index contributed by atoms with van der Waals surface area (Å²) in [6.45, 7) is 2.10. The molecule has 0 radical (unpaired) electrons. The van der Waals surface area contributed by atoms with Crippen molar-refractivity contribution >= 4 is 17.9 Å². The number of aromatic nitrogens is 1. The first-order valence-corrected chi connectivity index (χ1v) is 5.36. The Morgan fingerprint density at radius 1 is 1.31 bits per heavy atom. The summed E-state index contributed by atoms with van der Waals surface area (Å²) in [5, 5.41) is 0. The molecule has 0 saturated heterocycles. The SMILES string of the molecule is CCC1=N/C(=C\c2ccc(/C=C\N)[nH]2)C=C1. The van der Waals surface area contributed by atoms with Gasteiger partial charge in [-0.3, -0.25) is 4.99 Å². The Labute approximate surface area is 95.1 Å². The largest absolute Gasteiger partial charge is 0.405 e. The van der Waals surface area contributed by atoms with Crippen LogP contribution in [0.4, 0.5) is 0 Å². The van der Waals surface area contributed by atoms with E-state index in [0.29, 0.717) is 0 Å². The van der Waals surface area contributed by atoms with Gasteiger partial charge in [-0.25, -0.2) is 0 Å². The fourth-order valence-electron chi connectivity index (χ4n) is 1.57. The zero-order valence-corrected chi connectivity index (χ0v) is 9.27. The van der Waals surface area contributed by atoms with E-state index >= 15 is 0 Å². The molecule has 3 heteroatoms. The molecule has 0 bridgehead atoms. The average molecular weight is 213 g/mol. The molecular weight excluding hydrogens is 198 g/mol. The lowest BCUT2D eigenvalue weighted by molar-refractivity contribution is 1.28. The predicted molar refractivity (Wildman–Crippen MR) is 68.9 cm³/mol. The number of rotatable bonds is 3. The van der Waals surface area contributed by atoms with Gasteiger partial charge in [-0.2, -0.15) is 0 Å². The van der Waals surface area contributed by atoms with Crippen LogP contribution in [0.1, 0.15) is 24.7 Å². The van der Waals surface area contributed by atoms with Gasteiger partial charge < -0.3 is 10.7 Å². The Bertz CT molecular complexity index is 487. The number of allylic oxidation sites excluding steroid dienone is 2. The van der Waals surface area contributed by atoms with E-state index in [1.54, 1.807) is 0 Å². The molecule has 2 heterocycles. The van der Waals surface area contributed by atoms with Gasteiger partial charge in [0.25, 0.3) is 0 Å². The first-order valence-electron chi connectivity index (χ1n) is 5.36. The minimum atomic E-state index is 0.972. The zero-order valence-electron chi connectivity index (χ0n) is 9.27. The maximum atomic E-state index is 5.32. The van der Waals surface area contributed by atoms with Crippen molar-refractivity contribution in [2.45, 2.75) is 13.3 Å². The van der Waals surface area contributed by atoms with Crippen molar-refractivity contribution in [1.82, 2.24) is 4.98 Å². The molecule has 0 aromatic carbocycles. The van der Waals surface area contributed by atoms with Crippen molar-refractivity contribution in [2.24, 2.45) is 10.7 Å². The monoisotopic (exact) mass is 213 g/mol. The smallest absolute Gasteiger partial charge is 0.0654 e. The van der Waals surface area contributed by atoms with Crippen molar-refractivity contribution in [3.8, 4) is 0 Å². The summed E-state index contributed by atoms with van der Waals surface area (Å²) >= 11 is 0. The zero-order chi connectivity index (χ0) is 11.4. The van der Waals surface area contributed by atoms with E-state index in [1.807, 2.05) is 30.4 Å². The molecular formula is C13H15N3. The Morgan fingerprint density at radius 3 is 2.81 bits per heavy atom. The molecule has 0 spiro atoms. The lowest BCUT2D eigenvalue weighted by Crippen LogP contribution is -1.83. The molecule has 0 atom stereocenters. The Kier molecular flexibility index (Phi) is 3.05. The van der Waals surface area contributed by atoms with Crippen molar-refractivity contribution in [3.63, 3.8) is 0 Å². The summed E-state index contributed by atoms with van der Waals surface area (Å²) in [4.78, 5) is 7.69. The molecule has 0 fully saturated rings. The second-order valence-electron chi connectivity index (χ2n) is 3.59. The van der Waals surface area contributed by atoms with Gasteiger partial charge in [0.05, 0.1) is 5.70 Å². The molecule has 0 amide bonds. The van der Waals surface area contributed by atoms with Gasteiger partial charge in [0.1, 0.15) is 0 Å². The third-order valence-corrected chi connectivity index (χ3v) is 2.39. The fraction of sp³-hybridized carbons (Fsp3) is 0.154. The number of nitrogens with two attached hydrogens (primary N) is 1. The molecule has 16 heavy (non-hydrogen) atoms. The molecule has 1 aliphatic rings. The molecule has 3 nitrogen and oxygen atoms in total. The highest BCUT2D eigenvalue weighted by atomic mass is 14.8. The third kappa shape index (κ3) is 2.31. The summed E-state index contributed by atoms with van der Waals surface area (Å²) < 4.78 is 0. The van der Waals surface area contributed by atoms with Crippen molar-refractivity contribution in [1.29, 1.82) is 0 Å². The molecule has 1 aromatic rings. The highest BCUT2D eigenvalue weighted by Crippen LogP contribution is 2.15. The average Bonchev–Trinajstić information content (AvgIpc) is 2.89. The van der Waals surface area contributed by atoms with Crippen molar-refractivity contribution in [3.05, 3.63) is 47.6 Å². The van der Waals surface area contributed by atoms with Crippen LogP contribution in [0.2, 0.25) is 0 Å². The number of aromatic amines is 1. The number of aliphatic imine (C=N–C) groups is 1. The van der Waals surface area contributed by atoms with Crippen LogP contribution in [0, 0.1) is 0 Å². The Balaban J connectivity index is 2.18. The number of H-pyrrole nitrogens is 1. The van der Waals surface area contributed by atoms with Crippen LogP contribution in [0.5, 0.6) is 0 Å². The maximum absolute atomic E-state index is 5.32. The highest BCUT2D eigenvalue weighted by molar-refractivity contribution is 5.99. The number of hydrogen-bond acceptors (Lipinski definition) is 2. The van der Waals surface area contributed by atoms with Crippen LogP contribution in [0.3, 0.4) is 0 Å². The second-order valence-corrected chi connectivity index (χ2v) is 3.59. The van der Waals surface area contributed by atoms with Crippen LogP contribution in [-0.4, -0.2) is 10.7 Å². The lowest BCUT2D eigenvalue weighted by Gasteiger charge is -1.90. The summed E-state index contributed by atoms with van der Waals surface area (Å²) in [6.07, 6.45) is 10.4. The van der Waals surface area contributed by atoms with Gasteiger partial charge >= 0.3 is 0 Å². The molecule has 0 aliphatic carbocycles. The summed E-state index contributed by atoms with van der Waals surface area (Å²) in [7, 11) is 0. The number of nitrogens with one attached hydrogen (secondary N) is 1. The van der Waals surface area contributed by atoms with Crippen LogP contribution in [0.25, 0.3) is 12.2 Å². The Morgan fingerprint density at radius 2 is 2.12 bits per heavy atom. The van der Waals surface area contributed by atoms with E-state index < -0.39 is 0 Å².